The van der Waals surface area contributed by atoms with Crippen molar-refractivity contribution in [3.8, 4) is 0 Å². The Balaban J connectivity index is 2.48. The number of para-hydroxylation sites is 1. The molecule has 9 heteroatoms. The average Bonchev–Trinajstić information content (AvgIpc) is 2.40. The Labute approximate surface area is 157 Å². The number of carbonyl (C=O) groups excluding carboxylic acids is 3. The summed E-state index contributed by atoms with van der Waals surface area (Å²) in [6.45, 7) is 5.20. The van der Waals surface area contributed by atoms with Crippen molar-refractivity contribution < 1.29 is 14.4 Å². The van der Waals surface area contributed by atoms with Gasteiger partial charge < -0.3 is 10.6 Å². The standard InChI is InChI=1S/C16H22Cl2N4O3/c1-16(2,3)21-15(25)20-13(24)9-22(4)8-12(23)19-14-10(17)6-5-7-11(14)18/h5-7H,8-9H2,1-4H3,(H,19,23)(H2,20,21,24,25). The highest BCUT2D eigenvalue weighted by atomic mass is 35.5. The van der Waals surface area contributed by atoms with Gasteiger partial charge in [0, 0.05) is 5.54 Å². The maximum atomic E-state index is 12.0. The molecule has 0 radical (unpaired) electrons. The van der Waals surface area contributed by atoms with Gasteiger partial charge in [-0.2, -0.15) is 0 Å². The van der Waals surface area contributed by atoms with E-state index in [0.29, 0.717) is 15.7 Å². The molecule has 0 bridgehead atoms. The number of nitrogens with zero attached hydrogens (tertiary/aromatic N) is 1. The first-order valence-electron chi connectivity index (χ1n) is 7.52. The van der Waals surface area contributed by atoms with Crippen molar-refractivity contribution >= 4 is 46.7 Å². The minimum atomic E-state index is -0.585. The van der Waals surface area contributed by atoms with Gasteiger partial charge in [0.2, 0.25) is 11.8 Å². The summed E-state index contributed by atoms with van der Waals surface area (Å²) in [4.78, 5) is 36.9. The lowest BCUT2D eigenvalue weighted by Gasteiger charge is -2.21. The second-order valence-electron chi connectivity index (χ2n) is 6.57. The lowest BCUT2D eigenvalue weighted by Crippen LogP contribution is -2.50. The number of likely N-dealkylation sites (N-methyl/N-ethyl adjacent to an activating group) is 1. The molecule has 0 heterocycles. The van der Waals surface area contributed by atoms with E-state index in [-0.39, 0.29) is 19.0 Å². The van der Waals surface area contributed by atoms with Crippen molar-refractivity contribution in [1.82, 2.24) is 15.5 Å². The summed E-state index contributed by atoms with van der Waals surface area (Å²) in [7, 11) is 1.58. The van der Waals surface area contributed by atoms with Gasteiger partial charge in [-0.15, -0.1) is 0 Å². The Bertz CT molecular complexity index is 639. The summed E-state index contributed by atoms with van der Waals surface area (Å²) >= 11 is 12.0. The van der Waals surface area contributed by atoms with Gasteiger partial charge in [-0.25, -0.2) is 4.79 Å². The van der Waals surface area contributed by atoms with Gasteiger partial charge in [0.05, 0.1) is 28.8 Å². The molecular formula is C16H22Cl2N4O3. The molecule has 1 rings (SSSR count). The highest BCUT2D eigenvalue weighted by Gasteiger charge is 2.18. The van der Waals surface area contributed by atoms with Gasteiger partial charge >= 0.3 is 6.03 Å². The molecule has 0 atom stereocenters. The fraction of sp³-hybridized carbons (Fsp3) is 0.438. The minimum absolute atomic E-state index is 0.0735. The van der Waals surface area contributed by atoms with E-state index >= 15 is 0 Å². The second kappa shape index (κ2) is 9.03. The molecule has 0 aliphatic carbocycles. The quantitative estimate of drug-likeness (QED) is 0.722. The molecule has 0 unspecified atom stereocenters. The number of nitrogens with one attached hydrogen (secondary N) is 3. The summed E-state index contributed by atoms with van der Waals surface area (Å²) in [5.74, 6) is -0.905. The molecular weight excluding hydrogens is 367 g/mol. The fourth-order valence-corrected chi connectivity index (χ4v) is 2.37. The monoisotopic (exact) mass is 388 g/mol. The smallest absolute Gasteiger partial charge is 0.321 e. The number of carbonyl (C=O) groups is 3. The van der Waals surface area contributed by atoms with Crippen molar-refractivity contribution in [1.29, 1.82) is 0 Å². The van der Waals surface area contributed by atoms with Gasteiger partial charge in [-0.05, 0) is 40.0 Å². The van der Waals surface area contributed by atoms with E-state index in [1.807, 2.05) is 0 Å². The number of benzene rings is 1. The molecule has 138 valence electrons. The van der Waals surface area contributed by atoms with Crippen molar-refractivity contribution in [3.63, 3.8) is 0 Å². The predicted molar refractivity (Wildman–Crippen MR) is 99.0 cm³/mol. The summed E-state index contributed by atoms with van der Waals surface area (Å²) in [6, 6.07) is 4.29. The minimum Gasteiger partial charge on any atom is -0.333 e. The molecule has 0 aliphatic heterocycles. The maximum absolute atomic E-state index is 12.0. The van der Waals surface area contributed by atoms with Crippen LogP contribution in [0.15, 0.2) is 18.2 Å². The third-order valence-electron chi connectivity index (χ3n) is 2.80. The van der Waals surface area contributed by atoms with Crippen LogP contribution in [0.5, 0.6) is 0 Å². The number of hydrogen-bond acceptors (Lipinski definition) is 4. The molecule has 1 aromatic rings. The molecule has 0 aromatic heterocycles. The summed E-state index contributed by atoms with van der Waals surface area (Å²) in [5.41, 5.74) is -0.136. The number of urea groups is 1. The first-order chi connectivity index (χ1) is 11.5. The maximum Gasteiger partial charge on any atom is 0.321 e. The second-order valence-corrected chi connectivity index (χ2v) is 7.38. The Morgan fingerprint density at radius 3 is 2.08 bits per heavy atom. The molecule has 25 heavy (non-hydrogen) atoms. The van der Waals surface area contributed by atoms with Crippen LogP contribution in [0.1, 0.15) is 20.8 Å². The van der Waals surface area contributed by atoms with Crippen LogP contribution in [0.4, 0.5) is 10.5 Å². The third kappa shape index (κ3) is 8.20. The third-order valence-corrected chi connectivity index (χ3v) is 3.43. The largest absolute Gasteiger partial charge is 0.333 e. The van der Waals surface area contributed by atoms with E-state index in [4.69, 9.17) is 23.2 Å². The van der Waals surface area contributed by atoms with E-state index in [1.54, 1.807) is 46.0 Å². The molecule has 4 amide bonds. The number of amides is 4. The highest BCUT2D eigenvalue weighted by Crippen LogP contribution is 2.29. The van der Waals surface area contributed by atoms with Gasteiger partial charge in [0.15, 0.2) is 0 Å². The lowest BCUT2D eigenvalue weighted by atomic mass is 10.1. The normalized spacial score (nSPS) is 11.2. The summed E-state index contributed by atoms with van der Waals surface area (Å²) in [5, 5.41) is 8.05. The summed E-state index contributed by atoms with van der Waals surface area (Å²) < 4.78 is 0. The van der Waals surface area contributed by atoms with Crippen LogP contribution in [-0.4, -0.2) is 48.4 Å². The first-order valence-corrected chi connectivity index (χ1v) is 8.28. The van der Waals surface area contributed by atoms with E-state index in [0.717, 1.165) is 0 Å². The van der Waals surface area contributed by atoms with Crippen LogP contribution in [0, 0.1) is 0 Å². The zero-order valence-corrected chi connectivity index (χ0v) is 16.1. The molecule has 0 spiro atoms. The predicted octanol–water partition coefficient (Wildman–Crippen LogP) is 2.49. The Morgan fingerprint density at radius 1 is 1.04 bits per heavy atom. The van der Waals surface area contributed by atoms with Crippen LogP contribution in [0.2, 0.25) is 10.0 Å². The highest BCUT2D eigenvalue weighted by molar-refractivity contribution is 6.39. The van der Waals surface area contributed by atoms with Gasteiger partial charge in [0.1, 0.15) is 0 Å². The molecule has 0 saturated heterocycles. The molecule has 0 saturated carbocycles. The van der Waals surface area contributed by atoms with Crippen molar-refractivity contribution in [2.45, 2.75) is 26.3 Å². The van der Waals surface area contributed by atoms with Crippen LogP contribution in [0.3, 0.4) is 0 Å². The topological polar surface area (TPSA) is 90.5 Å². The SMILES string of the molecule is CN(CC(=O)NC(=O)NC(C)(C)C)CC(=O)Nc1c(Cl)cccc1Cl. The zero-order chi connectivity index (χ0) is 19.2. The van der Waals surface area contributed by atoms with Crippen LogP contribution >= 0.6 is 23.2 Å². The lowest BCUT2D eigenvalue weighted by molar-refractivity contribution is -0.122. The number of imide groups is 1. The summed E-state index contributed by atoms with van der Waals surface area (Å²) in [6.07, 6.45) is 0. The molecule has 0 fully saturated rings. The fourth-order valence-electron chi connectivity index (χ4n) is 1.88. The van der Waals surface area contributed by atoms with Crippen molar-refractivity contribution in [3.05, 3.63) is 28.2 Å². The van der Waals surface area contributed by atoms with Crippen LogP contribution in [0.25, 0.3) is 0 Å². The van der Waals surface area contributed by atoms with Gasteiger partial charge in [-0.3, -0.25) is 19.8 Å². The van der Waals surface area contributed by atoms with E-state index < -0.39 is 17.5 Å². The number of anilines is 1. The van der Waals surface area contributed by atoms with Crippen molar-refractivity contribution in [2.75, 3.05) is 25.5 Å². The Kier molecular flexibility index (Phi) is 7.66. The molecule has 3 N–H and O–H groups in total. The van der Waals surface area contributed by atoms with E-state index in [2.05, 4.69) is 16.0 Å². The van der Waals surface area contributed by atoms with Crippen LogP contribution in [-0.2, 0) is 9.59 Å². The first kappa shape index (κ1) is 21.2. The van der Waals surface area contributed by atoms with Gasteiger partial charge in [0.25, 0.3) is 0 Å². The van der Waals surface area contributed by atoms with Crippen LogP contribution < -0.4 is 16.0 Å². The number of rotatable bonds is 5. The van der Waals surface area contributed by atoms with Crippen molar-refractivity contribution in [2.24, 2.45) is 0 Å². The van der Waals surface area contributed by atoms with E-state index in [9.17, 15) is 14.4 Å². The Hall–Kier alpha value is -1.83. The molecule has 0 aliphatic rings. The molecule has 1 aromatic carbocycles. The number of hydrogen-bond donors (Lipinski definition) is 3. The van der Waals surface area contributed by atoms with Gasteiger partial charge in [-0.1, -0.05) is 29.3 Å². The molecule has 7 nitrogen and oxygen atoms in total. The average molecular weight is 389 g/mol. The Morgan fingerprint density at radius 2 is 1.56 bits per heavy atom. The van der Waals surface area contributed by atoms with E-state index in [1.165, 1.54) is 4.90 Å². The number of halogens is 2. The zero-order valence-electron chi connectivity index (χ0n) is 14.6.